The third-order valence-corrected chi connectivity index (χ3v) is 5.30. The van der Waals surface area contributed by atoms with Crippen molar-refractivity contribution >= 4 is 34.0 Å². The molecule has 0 spiro atoms. The number of nitrogens with zero attached hydrogens (tertiary/aromatic N) is 4. The Bertz CT molecular complexity index is 1010. The summed E-state index contributed by atoms with van der Waals surface area (Å²) in [6.45, 7) is 4.11. The summed E-state index contributed by atoms with van der Waals surface area (Å²) in [5.74, 6) is 1.29. The summed E-state index contributed by atoms with van der Waals surface area (Å²) in [5.41, 5.74) is 2.04. The third-order valence-electron chi connectivity index (χ3n) is 4.21. The molecule has 0 radical (unpaired) electrons. The molecule has 4 rings (SSSR count). The van der Waals surface area contributed by atoms with Crippen LogP contribution in [0.5, 0.6) is 0 Å². The van der Waals surface area contributed by atoms with Gasteiger partial charge in [-0.1, -0.05) is 23.4 Å². The van der Waals surface area contributed by atoms with Gasteiger partial charge in [0.05, 0.1) is 16.3 Å². The minimum absolute atomic E-state index is 0. The van der Waals surface area contributed by atoms with Gasteiger partial charge in [0.2, 0.25) is 0 Å². The van der Waals surface area contributed by atoms with Crippen LogP contribution in [0.3, 0.4) is 0 Å². The fourth-order valence-electron chi connectivity index (χ4n) is 2.71. The van der Waals surface area contributed by atoms with Gasteiger partial charge in [-0.2, -0.15) is 10.1 Å². The standard InChI is InChI=1S/C18H19N5OS.ClH/c1-11(19-3)9-16-20-17(24-22-16)15-10-14-12(2)21-23(18(14)25-15)13-7-5-4-6-8-13;/h4-8,10-11,19H,9H2,1-3H3;1H. The maximum atomic E-state index is 5.47. The fourth-order valence-corrected chi connectivity index (χ4v) is 3.81. The summed E-state index contributed by atoms with van der Waals surface area (Å²) in [5, 5.41) is 13.1. The predicted octanol–water partition coefficient (Wildman–Crippen LogP) is 4.02. The van der Waals surface area contributed by atoms with Crippen LogP contribution in [-0.2, 0) is 6.42 Å². The maximum Gasteiger partial charge on any atom is 0.268 e. The van der Waals surface area contributed by atoms with Crippen molar-refractivity contribution in [2.24, 2.45) is 0 Å². The van der Waals surface area contributed by atoms with Gasteiger partial charge in [0.25, 0.3) is 5.89 Å². The van der Waals surface area contributed by atoms with Crippen LogP contribution in [0.15, 0.2) is 40.9 Å². The zero-order chi connectivity index (χ0) is 17.4. The van der Waals surface area contributed by atoms with Gasteiger partial charge < -0.3 is 9.84 Å². The Morgan fingerprint density at radius 1 is 1.27 bits per heavy atom. The second kappa shape index (κ2) is 7.57. The molecule has 3 heterocycles. The number of para-hydroxylation sites is 1. The summed E-state index contributed by atoms with van der Waals surface area (Å²) < 4.78 is 7.44. The highest BCUT2D eigenvalue weighted by Gasteiger charge is 2.18. The van der Waals surface area contributed by atoms with Gasteiger partial charge in [-0.05, 0) is 39.1 Å². The molecule has 4 aromatic rings. The van der Waals surface area contributed by atoms with E-state index in [2.05, 4.69) is 45.7 Å². The molecule has 1 unspecified atom stereocenters. The Balaban J connectivity index is 0.00000196. The molecule has 0 amide bonds. The lowest BCUT2D eigenvalue weighted by atomic mass is 10.2. The van der Waals surface area contributed by atoms with E-state index in [-0.39, 0.29) is 12.4 Å². The maximum absolute atomic E-state index is 5.47. The summed E-state index contributed by atoms with van der Waals surface area (Å²) >= 11 is 1.62. The van der Waals surface area contributed by atoms with E-state index in [4.69, 9.17) is 4.52 Å². The lowest BCUT2D eigenvalue weighted by Crippen LogP contribution is -2.24. The molecule has 1 N–H and O–H groups in total. The topological polar surface area (TPSA) is 68.8 Å². The second-order valence-corrected chi connectivity index (χ2v) is 7.10. The smallest absolute Gasteiger partial charge is 0.268 e. The Morgan fingerprint density at radius 2 is 2.04 bits per heavy atom. The average Bonchev–Trinajstić information content (AvgIpc) is 3.32. The van der Waals surface area contributed by atoms with Crippen LogP contribution < -0.4 is 5.32 Å². The number of hydrogen-bond acceptors (Lipinski definition) is 6. The summed E-state index contributed by atoms with van der Waals surface area (Å²) in [6.07, 6.45) is 0.738. The van der Waals surface area contributed by atoms with Crippen LogP contribution in [0.25, 0.3) is 26.7 Å². The van der Waals surface area contributed by atoms with E-state index in [0.717, 1.165) is 38.7 Å². The molecular weight excluding hydrogens is 370 g/mol. The minimum atomic E-state index is 0. The van der Waals surface area contributed by atoms with E-state index in [1.165, 1.54) is 0 Å². The van der Waals surface area contributed by atoms with E-state index in [9.17, 15) is 0 Å². The van der Waals surface area contributed by atoms with Gasteiger partial charge in [0, 0.05) is 17.8 Å². The molecule has 0 saturated heterocycles. The van der Waals surface area contributed by atoms with Crippen LogP contribution in [0.2, 0.25) is 0 Å². The Morgan fingerprint density at radius 3 is 2.77 bits per heavy atom. The number of thiophene rings is 1. The number of rotatable bonds is 5. The number of halogens is 1. The van der Waals surface area contributed by atoms with Crippen LogP contribution >= 0.6 is 23.7 Å². The quantitative estimate of drug-likeness (QED) is 0.558. The molecule has 8 heteroatoms. The van der Waals surface area contributed by atoms with Crippen molar-refractivity contribution in [2.45, 2.75) is 26.3 Å². The van der Waals surface area contributed by atoms with Crippen molar-refractivity contribution in [3.8, 4) is 16.5 Å². The Hall–Kier alpha value is -2.22. The monoisotopic (exact) mass is 389 g/mol. The first-order valence-corrected chi connectivity index (χ1v) is 9.02. The largest absolute Gasteiger partial charge is 0.333 e. The molecule has 26 heavy (non-hydrogen) atoms. The molecule has 6 nitrogen and oxygen atoms in total. The van der Waals surface area contributed by atoms with E-state index in [1.807, 2.05) is 36.9 Å². The van der Waals surface area contributed by atoms with Crippen LogP contribution in [-0.4, -0.2) is 33.0 Å². The Kier molecular flexibility index (Phi) is 5.41. The average molecular weight is 390 g/mol. The molecule has 0 aliphatic carbocycles. The third kappa shape index (κ3) is 3.38. The molecule has 0 aliphatic heterocycles. The van der Waals surface area contributed by atoms with Gasteiger partial charge >= 0.3 is 0 Å². The van der Waals surface area contributed by atoms with Crippen LogP contribution in [0, 0.1) is 6.92 Å². The fraction of sp³-hybridized carbons (Fsp3) is 0.278. The van der Waals surface area contributed by atoms with E-state index in [0.29, 0.717) is 11.9 Å². The van der Waals surface area contributed by atoms with Crippen LogP contribution in [0.1, 0.15) is 18.4 Å². The molecule has 0 fully saturated rings. The molecule has 0 bridgehead atoms. The highest BCUT2D eigenvalue weighted by Crippen LogP contribution is 2.35. The number of fused-ring (bicyclic) bond motifs is 1. The zero-order valence-electron chi connectivity index (χ0n) is 14.8. The first kappa shape index (κ1) is 18.6. The van der Waals surface area contributed by atoms with Crippen molar-refractivity contribution in [1.29, 1.82) is 0 Å². The van der Waals surface area contributed by atoms with Gasteiger partial charge in [-0.3, -0.25) is 0 Å². The van der Waals surface area contributed by atoms with Crippen molar-refractivity contribution in [2.75, 3.05) is 7.05 Å². The van der Waals surface area contributed by atoms with Crippen molar-refractivity contribution in [3.63, 3.8) is 0 Å². The number of aromatic nitrogens is 4. The van der Waals surface area contributed by atoms with E-state index >= 15 is 0 Å². The zero-order valence-corrected chi connectivity index (χ0v) is 16.4. The molecule has 136 valence electrons. The first-order chi connectivity index (χ1) is 12.2. The summed E-state index contributed by atoms with van der Waals surface area (Å²) in [7, 11) is 1.93. The normalized spacial score (nSPS) is 12.3. The highest BCUT2D eigenvalue weighted by atomic mass is 35.5. The van der Waals surface area contributed by atoms with E-state index < -0.39 is 0 Å². The van der Waals surface area contributed by atoms with E-state index in [1.54, 1.807) is 11.3 Å². The Labute approximate surface area is 161 Å². The van der Waals surface area contributed by atoms with Gasteiger partial charge in [0.1, 0.15) is 4.83 Å². The molecule has 1 atom stereocenters. The summed E-state index contributed by atoms with van der Waals surface area (Å²) in [6, 6.07) is 12.5. The van der Waals surface area contributed by atoms with Crippen molar-refractivity contribution < 1.29 is 4.52 Å². The molecule has 1 aromatic carbocycles. The van der Waals surface area contributed by atoms with Gasteiger partial charge in [0.15, 0.2) is 5.82 Å². The molecule has 0 saturated carbocycles. The minimum Gasteiger partial charge on any atom is -0.333 e. The lowest BCUT2D eigenvalue weighted by molar-refractivity contribution is 0.419. The second-order valence-electron chi connectivity index (χ2n) is 6.07. The van der Waals surface area contributed by atoms with Gasteiger partial charge in [-0.15, -0.1) is 23.7 Å². The van der Waals surface area contributed by atoms with Crippen molar-refractivity contribution in [3.05, 3.63) is 47.9 Å². The summed E-state index contributed by atoms with van der Waals surface area (Å²) in [4.78, 5) is 6.59. The number of aryl methyl sites for hydroxylation is 1. The number of nitrogens with one attached hydrogen (secondary N) is 1. The first-order valence-electron chi connectivity index (χ1n) is 8.20. The SMILES string of the molecule is CNC(C)Cc1noc(-c2cc3c(C)nn(-c4ccccc4)c3s2)n1.Cl. The molecule has 3 aromatic heterocycles. The van der Waals surface area contributed by atoms with Gasteiger partial charge in [-0.25, -0.2) is 4.68 Å². The predicted molar refractivity (Wildman–Crippen MR) is 106 cm³/mol. The number of likely N-dealkylation sites (N-methyl/N-ethyl adjacent to an activating group) is 1. The number of benzene rings is 1. The molecular formula is C18H20ClN5OS. The van der Waals surface area contributed by atoms with Crippen molar-refractivity contribution in [1.82, 2.24) is 25.2 Å². The lowest BCUT2D eigenvalue weighted by Gasteiger charge is -2.04. The number of hydrogen-bond donors (Lipinski definition) is 1. The molecule has 0 aliphatic rings. The highest BCUT2D eigenvalue weighted by molar-refractivity contribution is 7.21. The van der Waals surface area contributed by atoms with Crippen LogP contribution in [0.4, 0.5) is 0 Å².